The van der Waals surface area contributed by atoms with Gasteiger partial charge in [-0.1, -0.05) is 24.3 Å². The van der Waals surface area contributed by atoms with Crippen molar-refractivity contribution in [2.24, 2.45) is 0 Å². The summed E-state index contributed by atoms with van der Waals surface area (Å²) >= 11 is 0. The van der Waals surface area contributed by atoms with Crippen LogP contribution in [0, 0.1) is 6.92 Å². The lowest BCUT2D eigenvalue weighted by molar-refractivity contribution is -0.115. The normalized spacial score (nSPS) is 12.5. The minimum Gasteiger partial charge on any atom is -0.359 e. The first kappa shape index (κ1) is 28.2. The molecule has 9 nitrogen and oxygen atoms in total. The molecule has 0 unspecified atom stereocenters. The Morgan fingerprint density at radius 1 is 0.846 bits per heavy atom. The van der Waals surface area contributed by atoms with E-state index in [1.807, 2.05) is 0 Å². The lowest BCUT2D eigenvalue weighted by Gasteiger charge is -2.14. The van der Waals surface area contributed by atoms with Crippen LogP contribution in [-0.4, -0.2) is 57.0 Å². The number of aromatic nitrogens is 3. The Labute approximate surface area is 223 Å². The number of nitrogens with zero attached hydrogens (tertiary/aromatic N) is 3. The van der Waals surface area contributed by atoms with Crippen LogP contribution < -0.4 is 10.6 Å². The van der Waals surface area contributed by atoms with E-state index in [1.165, 1.54) is 18.2 Å². The zero-order chi connectivity index (χ0) is 28.6. The predicted molar refractivity (Wildman–Crippen MR) is 142 cm³/mol. The third-order valence-electron chi connectivity index (χ3n) is 5.66. The van der Waals surface area contributed by atoms with E-state index in [0.29, 0.717) is 22.4 Å². The minimum absolute atomic E-state index is 0.00109. The molecule has 206 valence electrons. The van der Waals surface area contributed by atoms with Crippen molar-refractivity contribution in [2.45, 2.75) is 29.4 Å². The third-order valence-corrected chi connectivity index (χ3v) is 8.01. The first-order valence-electron chi connectivity index (χ1n) is 11.4. The molecule has 4 rings (SSSR count). The van der Waals surface area contributed by atoms with Crippen LogP contribution in [0.4, 0.5) is 24.9 Å². The Bertz CT molecular complexity index is 1780. The molecule has 0 aliphatic carbocycles. The maximum atomic E-state index is 13.0. The SMILES string of the molecule is Cc1ccc(-c2ccc3nc(NCc4cccc(S(C)(=O)=O)c4)nc(NCC(F)(F)F)c3n2)cc1S(C)(=O)=O. The number of aryl methyl sites for hydroxylation is 1. The van der Waals surface area contributed by atoms with Crippen LogP contribution in [0.25, 0.3) is 22.3 Å². The number of rotatable bonds is 8. The van der Waals surface area contributed by atoms with Crippen molar-refractivity contribution < 1.29 is 30.0 Å². The number of fused-ring (bicyclic) bond motifs is 1. The van der Waals surface area contributed by atoms with Crippen LogP contribution in [0.2, 0.25) is 0 Å². The van der Waals surface area contributed by atoms with Crippen LogP contribution in [0.15, 0.2) is 64.4 Å². The molecular formula is C25H24F3N5O4S2. The quantitative estimate of drug-likeness (QED) is 0.312. The molecule has 2 aromatic carbocycles. The van der Waals surface area contributed by atoms with Gasteiger partial charge in [-0.2, -0.15) is 18.2 Å². The summed E-state index contributed by atoms with van der Waals surface area (Å²) in [7, 11) is -6.94. The van der Waals surface area contributed by atoms with Crippen molar-refractivity contribution in [1.82, 2.24) is 15.0 Å². The van der Waals surface area contributed by atoms with E-state index in [1.54, 1.807) is 43.3 Å². The maximum absolute atomic E-state index is 13.0. The van der Waals surface area contributed by atoms with E-state index in [0.717, 1.165) is 12.5 Å². The molecule has 0 fully saturated rings. The molecule has 0 aliphatic rings. The van der Waals surface area contributed by atoms with Crippen LogP contribution in [-0.2, 0) is 26.2 Å². The smallest absolute Gasteiger partial charge is 0.359 e. The summed E-state index contributed by atoms with van der Waals surface area (Å²) < 4.78 is 87.1. The second-order valence-corrected chi connectivity index (χ2v) is 13.0. The molecule has 2 N–H and O–H groups in total. The average molecular weight is 580 g/mol. The molecule has 0 amide bonds. The highest BCUT2D eigenvalue weighted by atomic mass is 32.2. The largest absolute Gasteiger partial charge is 0.405 e. The predicted octanol–water partition coefficient (Wildman–Crippen LogP) is 4.39. The van der Waals surface area contributed by atoms with Gasteiger partial charge in [-0.25, -0.2) is 26.8 Å². The summed E-state index contributed by atoms with van der Waals surface area (Å²) in [4.78, 5) is 13.2. The molecule has 2 heterocycles. The summed E-state index contributed by atoms with van der Waals surface area (Å²) in [5.74, 6) is -0.178. The van der Waals surface area contributed by atoms with Crippen molar-refractivity contribution in [2.75, 3.05) is 29.7 Å². The molecule has 0 saturated heterocycles. The van der Waals surface area contributed by atoms with Gasteiger partial charge in [0.1, 0.15) is 12.1 Å². The van der Waals surface area contributed by atoms with Gasteiger partial charge in [-0.15, -0.1) is 0 Å². The number of pyridine rings is 1. The number of nitrogens with one attached hydrogen (secondary N) is 2. The van der Waals surface area contributed by atoms with Crippen molar-refractivity contribution in [3.63, 3.8) is 0 Å². The minimum atomic E-state index is -4.53. The van der Waals surface area contributed by atoms with Crippen LogP contribution in [0.1, 0.15) is 11.1 Å². The molecule has 0 saturated carbocycles. The van der Waals surface area contributed by atoms with Gasteiger partial charge < -0.3 is 10.6 Å². The first-order chi connectivity index (χ1) is 18.1. The van der Waals surface area contributed by atoms with Crippen LogP contribution >= 0.6 is 0 Å². The highest BCUT2D eigenvalue weighted by Gasteiger charge is 2.27. The second-order valence-electron chi connectivity index (χ2n) is 8.95. The number of sulfone groups is 2. The number of anilines is 2. The molecule has 39 heavy (non-hydrogen) atoms. The molecule has 14 heteroatoms. The number of alkyl halides is 3. The van der Waals surface area contributed by atoms with Crippen LogP contribution in [0.3, 0.4) is 0 Å². The fourth-order valence-corrected chi connectivity index (χ4v) is 5.47. The maximum Gasteiger partial charge on any atom is 0.405 e. The molecular weight excluding hydrogens is 555 g/mol. The molecule has 0 spiro atoms. The summed E-state index contributed by atoms with van der Waals surface area (Å²) in [5, 5.41) is 5.18. The zero-order valence-electron chi connectivity index (χ0n) is 21.0. The Hall–Kier alpha value is -3.78. The second kappa shape index (κ2) is 10.4. The van der Waals surface area contributed by atoms with Gasteiger partial charge in [0.05, 0.1) is 21.0 Å². The van der Waals surface area contributed by atoms with E-state index < -0.39 is 32.4 Å². The Morgan fingerprint density at radius 2 is 1.59 bits per heavy atom. The Balaban J connectivity index is 1.73. The van der Waals surface area contributed by atoms with Gasteiger partial charge >= 0.3 is 6.18 Å². The zero-order valence-corrected chi connectivity index (χ0v) is 22.7. The van der Waals surface area contributed by atoms with E-state index in [9.17, 15) is 30.0 Å². The third kappa shape index (κ3) is 7.00. The average Bonchev–Trinajstić information content (AvgIpc) is 2.84. The Kier molecular flexibility index (Phi) is 7.54. The number of hydrogen-bond donors (Lipinski definition) is 2. The van der Waals surface area contributed by atoms with Crippen molar-refractivity contribution in [1.29, 1.82) is 0 Å². The molecule has 2 aromatic heterocycles. The number of hydrogen-bond acceptors (Lipinski definition) is 9. The van der Waals surface area contributed by atoms with Gasteiger partial charge in [-0.05, 0) is 48.4 Å². The lowest BCUT2D eigenvalue weighted by atomic mass is 10.1. The topological polar surface area (TPSA) is 131 Å². The lowest BCUT2D eigenvalue weighted by Crippen LogP contribution is -2.22. The Morgan fingerprint density at radius 3 is 2.26 bits per heavy atom. The fourth-order valence-electron chi connectivity index (χ4n) is 3.79. The van der Waals surface area contributed by atoms with Gasteiger partial charge in [0.25, 0.3) is 0 Å². The molecule has 0 aliphatic heterocycles. The fraction of sp³-hybridized carbons (Fsp3) is 0.240. The molecule has 4 aromatic rings. The first-order valence-corrected chi connectivity index (χ1v) is 15.2. The summed E-state index contributed by atoms with van der Waals surface area (Å²) in [6.45, 7) is 0.396. The van der Waals surface area contributed by atoms with Crippen LogP contribution in [0.5, 0.6) is 0 Å². The van der Waals surface area contributed by atoms with Gasteiger partial charge in [0.15, 0.2) is 25.5 Å². The monoisotopic (exact) mass is 579 g/mol. The number of halogens is 3. The van der Waals surface area contributed by atoms with Gasteiger partial charge in [0.2, 0.25) is 5.95 Å². The summed E-state index contributed by atoms with van der Waals surface area (Å²) in [6, 6.07) is 14.1. The van der Waals surface area contributed by atoms with E-state index >= 15 is 0 Å². The summed E-state index contributed by atoms with van der Waals surface area (Å²) in [5.41, 5.74) is 2.22. The van der Waals surface area contributed by atoms with Gasteiger partial charge in [0, 0.05) is 24.6 Å². The molecule has 0 atom stereocenters. The highest BCUT2D eigenvalue weighted by molar-refractivity contribution is 7.91. The number of benzene rings is 2. The summed E-state index contributed by atoms with van der Waals surface area (Å²) in [6.07, 6.45) is -2.35. The molecule has 0 radical (unpaired) electrons. The molecule has 0 bridgehead atoms. The van der Waals surface area contributed by atoms with Crippen molar-refractivity contribution in [3.8, 4) is 11.3 Å². The van der Waals surface area contributed by atoms with Gasteiger partial charge in [-0.3, -0.25) is 0 Å². The van der Waals surface area contributed by atoms with E-state index in [-0.39, 0.29) is 39.1 Å². The standard InChI is InChI=1S/C25H24F3N5O4S2/c1-15-7-8-17(12-21(15)39(3,36)37)19-9-10-20-22(31-19)23(30-14-25(26,27)28)33-24(32-20)29-13-16-5-4-6-18(11-16)38(2,34)35/h4-12H,13-14H2,1-3H3,(H2,29,30,32,33). The van der Waals surface area contributed by atoms with E-state index in [4.69, 9.17) is 0 Å². The highest BCUT2D eigenvalue weighted by Crippen LogP contribution is 2.29. The van der Waals surface area contributed by atoms with E-state index in [2.05, 4.69) is 25.6 Å². The van der Waals surface area contributed by atoms with Crippen molar-refractivity contribution in [3.05, 3.63) is 65.7 Å². The van der Waals surface area contributed by atoms with Crippen molar-refractivity contribution >= 4 is 42.5 Å².